The van der Waals surface area contributed by atoms with Crippen LogP contribution in [-0.2, 0) is 14.3 Å². The van der Waals surface area contributed by atoms with Crippen LogP contribution in [0.15, 0.2) is 30.3 Å². The molecule has 0 atom stereocenters. The summed E-state index contributed by atoms with van der Waals surface area (Å²) in [6, 6.07) is 8.03. The molecule has 0 amide bonds. The third kappa shape index (κ3) is 3.02. The van der Waals surface area contributed by atoms with Crippen LogP contribution in [0, 0.1) is 0 Å². The van der Waals surface area contributed by atoms with Crippen molar-refractivity contribution in [1.29, 1.82) is 0 Å². The van der Waals surface area contributed by atoms with Crippen molar-refractivity contribution >= 4 is 17.7 Å². The summed E-state index contributed by atoms with van der Waals surface area (Å²) in [5.41, 5.74) is 0.245. The monoisotopic (exact) mass is 206 g/mol. The molecule has 0 N–H and O–H groups in total. The highest BCUT2D eigenvalue weighted by molar-refractivity contribution is 6.35. The summed E-state index contributed by atoms with van der Waals surface area (Å²) in [5.74, 6) is -2.62. The molecule has 0 saturated heterocycles. The number of carbonyl (C=O) groups is 3. The molecule has 1 rings (SSSR count). The average molecular weight is 206 g/mol. The lowest BCUT2D eigenvalue weighted by Crippen LogP contribution is -2.20. The number of ketones is 1. The Hall–Kier alpha value is -1.97. The SMILES string of the molecule is CCC(=O)C(=O)OC(=O)c1ccccc1. The van der Waals surface area contributed by atoms with Gasteiger partial charge in [-0.2, -0.15) is 0 Å². The van der Waals surface area contributed by atoms with Gasteiger partial charge in [0.1, 0.15) is 0 Å². The first-order valence-corrected chi connectivity index (χ1v) is 4.49. The third-order valence-corrected chi connectivity index (χ3v) is 1.74. The van der Waals surface area contributed by atoms with Crippen LogP contribution in [0.1, 0.15) is 23.7 Å². The molecule has 0 bridgehead atoms. The molecule has 0 aromatic heterocycles. The Morgan fingerprint density at radius 2 is 1.73 bits per heavy atom. The van der Waals surface area contributed by atoms with E-state index in [-0.39, 0.29) is 12.0 Å². The molecule has 0 spiro atoms. The maximum Gasteiger partial charge on any atom is 0.382 e. The van der Waals surface area contributed by atoms with E-state index in [4.69, 9.17) is 0 Å². The Morgan fingerprint density at radius 1 is 1.13 bits per heavy atom. The average Bonchev–Trinajstić information content (AvgIpc) is 2.29. The summed E-state index contributed by atoms with van der Waals surface area (Å²) in [6.45, 7) is 1.52. The zero-order chi connectivity index (χ0) is 11.3. The Kier molecular flexibility index (Phi) is 3.74. The number of hydrogen-bond donors (Lipinski definition) is 0. The summed E-state index contributed by atoms with van der Waals surface area (Å²) in [4.78, 5) is 33.1. The van der Waals surface area contributed by atoms with Crippen LogP contribution in [0.4, 0.5) is 0 Å². The molecule has 0 aliphatic heterocycles. The van der Waals surface area contributed by atoms with Gasteiger partial charge in [-0.05, 0) is 12.1 Å². The van der Waals surface area contributed by atoms with E-state index in [0.29, 0.717) is 0 Å². The minimum absolute atomic E-state index is 0.0287. The van der Waals surface area contributed by atoms with Crippen LogP contribution in [0.5, 0.6) is 0 Å². The van der Waals surface area contributed by atoms with Crippen molar-refractivity contribution in [2.75, 3.05) is 0 Å². The van der Waals surface area contributed by atoms with E-state index in [9.17, 15) is 14.4 Å². The topological polar surface area (TPSA) is 60.4 Å². The van der Waals surface area contributed by atoms with Crippen molar-refractivity contribution < 1.29 is 19.1 Å². The fraction of sp³-hybridized carbons (Fsp3) is 0.182. The first-order chi connectivity index (χ1) is 7.15. The highest BCUT2D eigenvalue weighted by Crippen LogP contribution is 2.01. The molecular weight excluding hydrogens is 196 g/mol. The normalized spacial score (nSPS) is 9.40. The second kappa shape index (κ2) is 5.05. The summed E-state index contributed by atoms with van der Waals surface area (Å²) in [6.07, 6.45) is 0.0287. The van der Waals surface area contributed by atoms with Crippen molar-refractivity contribution in [2.24, 2.45) is 0 Å². The minimum atomic E-state index is -1.11. The fourth-order valence-corrected chi connectivity index (χ4v) is 0.919. The Labute approximate surface area is 86.9 Å². The lowest BCUT2D eigenvalue weighted by atomic mass is 10.2. The smallest absolute Gasteiger partial charge is 0.382 e. The van der Waals surface area contributed by atoms with E-state index in [0.717, 1.165) is 0 Å². The number of rotatable bonds is 3. The number of carbonyl (C=O) groups excluding carboxylic acids is 3. The predicted molar refractivity (Wildman–Crippen MR) is 52.2 cm³/mol. The van der Waals surface area contributed by atoms with Gasteiger partial charge < -0.3 is 4.74 Å². The summed E-state index contributed by atoms with van der Waals surface area (Å²) >= 11 is 0. The summed E-state index contributed by atoms with van der Waals surface area (Å²) < 4.78 is 4.36. The number of ether oxygens (including phenoxy) is 1. The van der Waals surface area contributed by atoms with Crippen molar-refractivity contribution in [3.05, 3.63) is 35.9 Å². The summed E-state index contributed by atoms with van der Waals surface area (Å²) in [5, 5.41) is 0. The third-order valence-electron chi connectivity index (χ3n) is 1.74. The number of hydrogen-bond acceptors (Lipinski definition) is 4. The van der Waals surface area contributed by atoms with Crippen molar-refractivity contribution in [2.45, 2.75) is 13.3 Å². The second-order valence-corrected chi connectivity index (χ2v) is 2.82. The molecule has 0 aliphatic rings. The van der Waals surface area contributed by atoms with E-state index < -0.39 is 17.7 Å². The minimum Gasteiger partial charge on any atom is -0.384 e. The van der Waals surface area contributed by atoms with Crippen molar-refractivity contribution in [1.82, 2.24) is 0 Å². The highest BCUT2D eigenvalue weighted by Gasteiger charge is 2.18. The van der Waals surface area contributed by atoms with Gasteiger partial charge in [0.05, 0.1) is 5.56 Å². The molecule has 4 heteroatoms. The Balaban J connectivity index is 2.65. The van der Waals surface area contributed by atoms with Gasteiger partial charge in [0.25, 0.3) is 0 Å². The fourth-order valence-electron chi connectivity index (χ4n) is 0.919. The maximum absolute atomic E-state index is 11.3. The Morgan fingerprint density at radius 3 is 2.27 bits per heavy atom. The lowest BCUT2D eigenvalue weighted by molar-refractivity contribution is -0.149. The van der Waals surface area contributed by atoms with E-state index >= 15 is 0 Å². The van der Waals surface area contributed by atoms with E-state index in [1.54, 1.807) is 18.2 Å². The molecule has 78 valence electrons. The first kappa shape index (κ1) is 11.1. The van der Waals surface area contributed by atoms with Gasteiger partial charge in [-0.3, -0.25) is 4.79 Å². The maximum atomic E-state index is 11.3. The quantitative estimate of drug-likeness (QED) is 0.425. The second-order valence-electron chi connectivity index (χ2n) is 2.82. The number of esters is 2. The van der Waals surface area contributed by atoms with Crippen molar-refractivity contribution in [3.63, 3.8) is 0 Å². The molecule has 0 saturated carbocycles. The largest absolute Gasteiger partial charge is 0.384 e. The van der Waals surface area contributed by atoms with Crippen molar-refractivity contribution in [3.8, 4) is 0 Å². The molecule has 0 fully saturated rings. The van der Waals surface area contributed by atoms with Gasteiger partial charge >= 0.3 is 11.9 Å². The van der Waals surface area contributed by atoms with Gasteiger partial charge in [-0.1, -0.05) is 25.1 Å². The summed E-state index contributed by atoms with van der Waals surface area (Å²) in [7, 11) is 0. The molecule has 0 heterocycles. The first-order valence-electron chi connectivity index (χ1n) is 4.49. The van der Waals surface area contributed by atoms with E-state index in [1.165, 1.54) is 19.1 Å². The van der Waals surface area contributed by atoms with Crippen LogP contribution in [0.3, 0.4) is 0 Å². The lowest BCUT2D eigenvalue weighted by Gasteiger charge is -2.00. The zero-order valence-electron chi connectivity index (χ0n) is 8.23. The molecular formula is C11H10O4. The molecule has 1 aromatic rings. The van der Waals surface area contributed by atoms with Gasteiger partial charge in [-0.15, -0.1) is 0 Å². The molecule has 0 unspecified atom stereocenters. The predicted octanol–water partition coefficient (Wildman–Crippen LogP) is 1.35. The molecule has 1 aromatic carbocycles. The van der Waals surface area contributed by atoms with E-state index in [2.05, 4.69) is 4.74 Å². The standard InChI is InChI=1S/C11H10O4/c1-2-9(12)11(14)15-10(13)8-6-4-3-5-7-8/h3-7H,2H2,1H3. The zero-order valence-corrected chi connectivity index (χ0v) is 8.23. The van der Waals surface area contributed by atoms with Gasteiger partial charge in [-0.25, -0.2) is 9.59 Å². The van der Waals surface area contributed by atoms with Crippen LogP contribution in [0.25, 0.3) is 0 Å². The van der Waals surface area contributed by atoms with Gasteiger partial charge in [0.2, 0.25) is 5.78 Å². The van der Waals surface area contributed by atoms with Gasteiger partial charge in [0, 0.05) is 6.42 Å². The molecule has 15 heavy (non-hydrogen) atoms. The van der Waals surface area contributed by atoms with Crippen LogP contribution < -0.4 is 0 Å². The van der Waals surface area contributed by atoms with E-state index in [1.807, 2.05) is 0 Å². The highest BCUT2D eigenvalue weighted by atomic mass is 16.6. The van der Waals surface area contributed by atoms with Crippen LogP contribution in [-0.4, -0.2) is 17.7 Å². The van der Waals surface area contributed by atoms with Crippen LogP contribution >= 0.6 is 0 Å². The van der Waals surface area contributed by atoms with Gasteiger partial charge in [0.15, 0.2) is 0 Å². The molecule has 4 nitrogen and oxygen atoms in total. The number of Topliss-reactive ketones (excluding diaryl/α,β-unsaturated/α-hetero) is 1. The number of benzene rings is 1. The molecule has 0 radical (unpaired) electrons. The van der Waals surface area contributed by atoms with Crippen LogP contribution in [0.2, 0.25) is 0 Å². The Bertz CT molecular complexity index is 381. The molecule has 0 aliphatic carbocycles.